The van der Waals surface area contributed by atoms with Gasteiger partial charge in [-0.15, -0.1) is 0 Å². The summed E-state index contributed by atoms with van der Waals surface area (Å²) in [6, 6.07) is 6.93. The number of hydrogen-bond acceptors (Lipinski definition) is 5. The molecule has 6 heteroatoms. The minimum Gasteiger partial charge on any atom is -0.375 e. The Kier molecular flexibility index (Phi) is 5.49. The highest BCUT2D eigenvalue weighted by molar-refractivity contribution is 5.19. The van der Waals surface area contributed by atoms with Gasteiger partial charge in [-0.1, -0.05) is 24.2 Å². The number of nitrogens with zero attached hydrogens (tertiary/aromatic N) is 3. The molecule has 1 saturated heterocycles. The summed E-state index contributed by atoms with van der Waals surface area (Å²) in [7, 11) is 0. The fourth-order valence-corrected chi connectivity index (χ4v) is 3.44. The van der Waals surface area contributed by atoms with E-state index in [1.165, 1.54) is 12.1 Å². The first kappa shape index (κ1) is 18.0. The molecule has 0 aliphatic carbocycles. The molecule has 3 rings (SSSR count). The first-order valence-electron chi connectivity index (χ1n) is 8.89. The van der Waals surface area contributed by atoms with E-state index in [0.29, 0.717) is 30.7 Å². The van der Waals surface area contributed by atoms with Crippen molar-refractivity contribution in [2.75, 3.05) is 13.2 Å². The van der Waals surface area contributed by atoms with Crippen molar-refractivity contribution in [1.82, 2.24) is 15.0 Å². The summed E-state index contributed by atoms with van der Waals surface area (Å²) in [6.45, 7) is 8.75. The number of hydrogen-bond donors (Lipinski definition) is 0. The average molecular weight is 347 g/mol. The lowest BCUT2D eigenvalue weighted by atomic mass is 9.93. The topological polar surface area (TPSA) is 51.4 Å². The Hall–Kier alpha value is -1.79. The van der Waals surface area contributed by atoms with Crippen LogP contribution in [-0.2, 0) is 17.7 Å². The third-order valence-electron chi connectivity index (χ3n) is 4.69. The first-order chi connectivity index (χ1) is 11.9. The van der Waals surface area contributed by atoms with E-state index in [4.69, 9.17) is 9.26 Å². The molecule has 1 aromatic carbocycles. The van der Waals surface area contributed by atoms with Crippen LogP contribution in [0.5, 0.6) is 0 Å². The summed E-state index contributed by atoms with van der Waals surface area (Å²) in [5, 5.41) is 4.04. The van der Waals surface area contributed by atoms with Crippen LogP contribution >= 0.6 is 0 Å². The lowest BCUT2D eigenvalue weighted by molar-refractivity contribution is -0.0848. The van der Waals surface area contributed by atoms with Crippen LogP contribution in [0.1, 0.15) is 50.9 Å². The van der Waals surface area contributed by atoms with E-state index >= 15 is 0 Å². The van der Waals surface area contributed by atoms with E-state index in [0.717, 1.165) is 31.6 Å². The molecule has 0 N–H and O–H groups in total. The highest BCUT2D eigenvalue weighted by Crippen LogP contribution is 2.28. The van der Waals surface area contributed by atoms with Gasteiger partial charge < -0.3 is 9.26 Å². The molecule has 5 nitrogen and oxygen atoms in total. The zero-order valence-electron chi connectivity index (χ0n) is 15.2. The number of halogens is 1. The molecule has 1 aliphatic heterocycles. The minimum atomic E-state index is -0.250. The molecule has 136 valence electrons. The van der Waals surface area contributed by atoms with Gasteiger partial charge in [-0.05, 0) is 50.9 Å². The molecule has 0 spiro atoms. The van der Waals surface area contributed by atoms with E-state index in [2.05, 4.69) is 35.8 Å². The van der Waals surface area contributed by atoms with E-state index in [1.54, 1.807) is 6.07 Å². The van der Waals surface area contributed by atoms with E-state index in [1.807, 2.05) is 6.07 Å². The van der Waals surface area contributed by atoms with Crippen LogP contribution in [0.25, 0.3) is 0 Å². The minimum absolute atomic E-state index is 0.0896. The van der Waals surface area contributed by atoms with Crippen molar-refractivity contribution in [2.45, 2.75) is 58.2 Å². The van der Waals surface area contributed by atoms with E-state index in [9.17, 15) is 4.39 Å². The molecule has 1 unspecified atom stereocenters. The van der Waals surface area contributed by atoms with Gasteiger partial charge in [-0.3, -0.25) is 4.90 Å². The molecular weight excluding hydrogens is 321 g/mol. The lowest BCUT2D eigenvalue weighted by Gasteiger charge is -2.40. The zero-order valence-corrected chi connectivity index (χ0v) is 15.2. The van der Waals surface area contributed by atoms with Crippen LogP contribution in [0.2, 0.25) is 0 Å². The Bertz CT molecular complexity index is 701. The molecule has 0 bridgehead atoms. The second-order valence-corrected chi connectivity index (χ2v) is 7.23. The summed E-state index contributed by atoms with van der Waals surface area (Å²) >= 11 is 0. The van der Waals surface area contributed by atoms with Crippen molar-refractivity contribution in [3.8, 4) is 0 Å². The second kappa shape index (κ2) is 7.62. The monoisotopic (exact) mass is 347 g/mol. The van der Waals surface area contributed by atoms with Gasteiger partial charge >= 0.3 is 0 Å². The number of rotatable bonds is 6. The molecule has 0 radical (unpaired) electrons. The van der Waals surface area contributed by atoms with Crippen molar-refractivity contribution in [2.24, 2.45) is 0 Å². The summed E-state index contributed by atoms with van der Waals surface area (Å²) in [6.07, 6.45) is 2.48. The van der Waals surface area contributed by atoms with Crippen molar-refractivity contribution >= 4 is 0 Å². The maximum Gasteiger partial charge on any atom is 0.240 e. The van der Waals surface area contributed by atoms with Crippen LogP contribution < -0.4 is 0 Å². The average Bonchev–Trinajstić information content (AvgIpc) is 2.98. The molecule has 0 amide bonds. The molecule has 25 heavy (non-hydrogen) atoms. The van der Waals surface area contributed by atoms with Gasteiger partial charge in [-0.25, -0.2) is 4.39 Å². The van der Waals surface area contributed by atoms with Gasteiger partial charge in [0.1, 0.15) is 5.82 Å². The molecule has 1 aliphatic rings. The highest BCUT2D eigenvalue weighted by Gasteiger charge is 2.32. The molecule has 2 aromatic rings. The Balaban J connectivity index is 1.63. The summed E-state index contributed by atoms with van der Waals surface area (Å²) in [4.78, 5) is 6.85. The third kappa shape index (κ3) is 4.86. The normalized spacial score (nSPS) is 20.1. The van der Waals surface area contributed by atoms with Crippen LogP contribution in [0.15, 0.2) is 28.8 Å². The molecule has 1 fully saturated rings. The van der Waals surface area contributed by atoms with Gasteiger partial charge in [0.2, 0.25) is 5.89 Å². The third-order valence-corrected chi connectivity index (χ3v) is 4.69. The van der Waals surface area contributed by atoms with Crippen molar-refractivity contribution in [1.29, 1.82) is 0 Å². The van der Waals surface area contributed by atoms with Crippen LogP contribution in [0, 0.1) is 5.82 Å². The molecule has 1 atom stereocenters. The maximum atomic E-state index is 13.3. The number of aromatic nitrogens is 2. The standard InChI is InChI=1S/C19H26FN3O2/c1-4-23(16-8-9-24-19(2,3)12-16)13-18-21-17(22-25-18)11-14-6-5-7-15(20)10-14/h5-7,10,16H,4,8-9,11-13H2,1-3H3. The fourth-order valence-electron chi connectivity index (χ4n) is 3.44. The van der Waals surface area contributed by atoms with E-state index in [-0.39, 0.29) is 11.4 Å². The summed E-state index contributed by atoms with van der Waals surface area (Å²) in [5.74, 6) is 0.946. The van der Waals surface area contributed by atoms with Crippen molar-refractivity contribution in [3.05, 3.63) is 47.4 Å². The first-order valence-corrected chi connectivity index (χ1v) is 8.89. The zero-order chi connectivity index (χ0) is 17.9. The smallest absolute Gasteiger partial charge is 0.240 e. The Morgan fingerprint density at radius 3 is 2.92 bits per heavy atom. The van der Waals surface area contributed by atoms with Crippen molar-refractivity contribution in [3.63, 3.8) is 0 Å². The molecular formula is C19H26FN3O2. The SMILES string of the molecule is CCN(Cc1nc(Cc2cccc(F)c2)no1)C1CCOC(C)(C)C1. The molecule has 0 saturated carbocycles. The number of benzene rings is 1. The number of ether oxygens (including phenoxy) is 1. The fraction of sp³-hybridized carbons (Fsp3) is 0.579. The van der Waals surface area contributed by atoms with Gasteiger partial charge in [-0.2, -0.15) is 4.98 Å². The Morgan fingerprint density at radius 2 is 2.20 bits per heavy atom. The predicted molar refractivity (Wildman–Crippen MR) is 92.6 cm³/mol. The lowest BCUT2D eigenvalue weighted by Crippen LogP contribution is -2.45. The summed E-state index contributed by atoms with van der Waals surface area (Å²) < 4.78 is 24.5. The Morgan fingerprint density at radius 1 is 1.36 bits per heavy atom. The van der Waals surface area contributed by atoms with Gasteiger partial charge in [0.05, 0.1) is 12.1 Å². The Labute approximate surface area is 148 Å². The van der Waals surface area contributed by atoms with E-state index < -0.39 is 0 Å². The van der Waals surface area contributed by atoms with Gasteiger partial charge in [0, 0.05) is 19.1 Å². The maximum absolute atomic E-state index is 13.3. The largest absolute Gasteiger partial charge is 0.375 e. The molecule has 2 heterocycles. The van der Waals surface area contributed by atoms with Crippen LogP contribution in [0.4, 0.5) is 4.39 Å². The highest BCUT2D eigenvalue weighted by atomic mass is 19.1. The van der Waals surface area contributed by atoms with Crippen molar-refractivity contribution < 1.29 is 13.7 Å². The second-order valence-electron chi connectivity index (χ2n) is 7.23. The van der Waals surface area contributed by atoms with Crippen LogP contribution in [0.3, 0.4) is 0 Å². The quantitative estimate of drug-likeness (QED) is 0.799. The summed E-state index contributed by atoms with van der Waals surface area (Å²) in [5.41, 5.74) is 0.749. The van der Waals surface area contributed by atoms with Gasteiger partial charge in [0.15, 0.2) is 5.82 Å². The van der Waals surface area contributed by atoms with Crippen LogP contribution in [-0.4, -0.2) is 39.8 Å². The predicted octanol–water partition coefficient (Wildman–Crippen LogP) is 3.58. The van der Waals surface area contributed by atoms with Gasteiger partial charge in [0.25, 0.3) is 0 Å². The molecule has 1 aromatic heterocycles.